The van der Waals surface area contributed by atoms with Gasteiger partial charge >= 0.3 is 11.7 Å². The van der Waals surface area contributed by atoms with Gasteiger partial charge in [-0.2, -0.15) is 0 Å². The zero-order valence-corrected chi connectivity index (χ0v) is 9.54. The van der Waals surface area contributed by atoms with Crippen LogP contribution in [-0.2, 0) is 9.53 Å². The Kier molecular flexibility index (Phi) is 4.38. The van der Waals surface area contributed by atoms with Crippen molar-refractivity contribution in [3.63, 3.8) is 0 Å². The minimum atomic E-state index is -0.522. The van der Waals surface area contributed by atoms with E-state index in [1.54, 1.807) is 6.92 Å². The van der Waals surface area contributed by atoms with Gasteiger partial charge in [-0.3, -0.25) is 14.9 Å². The van der Waals surface area contributed by atoms with Crippen molar-refractivity contribution < 1.29 is 14.5 Å². The lowest BCUT2D eigenvalue weighted by atomic mass is 10.3. The second kappa shape index (κ2) is 5.78. The molecule has 0 bridgehead atoms. The highest BCUT2D eigenvalue weighted by molar-refractivity contribution is 5.66. The van der Waals surface area contributed by atoms with E-state index in [1.807, 2.05) is 0 Å². The molecule has 0 aliphatic rings. The van der Waals surface area contributed by atoms with E-state index in [4.69, 9.17) is 4.74 Å². The van der Waals surface area contributed by atoms with Crippen LogP contribution in [0.4, 0.5) is 11.5 Å². The summed E-state index contributed by atoms with van der Waals surface area (Å²) in [6.07, 6.45) is 1.07. The summed E-state index contributed by atoms with van der Waals surface area (Å²) in [4.78, 5) is 24.7. The lowest BCUT2D eigenvalue weighted by Gasteiger charge is -2.12. The van der Waals surface area contributed by atoms with Crippen LogP contribution >= 0.6 is 0 Å². The van der Waals surface area contributed by atoms with Gasteiger partial charge in [0.1, 0.15) is 6.10 Å². The summed E-state index contributed by atoms with van der Waals surface area (Å²) in [6.45, 7) is 3.25. The third kappa shape index (κ3) is 4.06. The Morgan fingerprint density at radius 1 is 1.71 bits per heavy atom. The predicted molar refractivity (Wildman–Crippen MR) is 60.6 cm³/mol. The second-order valence-electron chi connectivity index (χ2n) is 3.43. The van der Waals surface area contributed by atoms with E-state index < -0.39 is 10.9 Å². The van der Waals surface area contributed by atoms with Crippen LogP contribution in [0.5, 0.6) is 0 Å². The zero-order chi connectivity index (χ0) is 12.8. The minimum Gasteiger partial charge on any atom is -0.461 e. The molecule has 1 unspecified atom stereocenters. The monoisotopic (exact) mass is 239 g/mol. The van der Waals surface area contributed by atoms with E-state index in [1.165, 1.54) is 25.3 Å². The lowest BCUT2D eigenvalue weighted by Crippen LogP contribution is -2.22. The molecule has 1 aromatic rings. The smallest absolute Gasteiger partial charge is 0.311 e. The molecule has 1 atom stereocenters. The number of hydrogen-bond acceptors (Lipinski definition) is 6. The minimum absolute atomic E-state index is 0.109. The Bertz CT molecular complexity index is 422. The third-order valence-corrected chi connectivity index (χ3v) is 1.91. The maximum absolute atomic E-state index is 10.7. The van der Waals surface area contributed by atoms with E-state index in [0.29, 0.717) is 0 Å². The molecular weight excluding hydrogens is 226 g/mol. The number of nitrogens with one attached hydrogen (secondary N) is 1. The Morgan fingerprint density at radius 2 is 2.41 bits per heavy atom. The van der Waals surface area contributed by atoms with Crippen molar-refractivity contribution in [1.82, 2.24) is 4.98 Å². The van der Waals surface area contributed by atoms with Crippen LogP contribution in [0, 0.1) is 10.1 Å². The molecule has 7 nitrogen and oxygen atoms in total. The number of anilines is 1. The van der Waals surface area contributed by atoms with E-state index in [9.17, 15) is 14.9 Å². The molecule has 17 heavy (non-hydrogen) atoms. The van der Waals surface area contributed by atoms with Crippen LogP contribution in [0.15, 0.2) is 18.3 Å². The molecule has 0 saturated heterocycles. The first kappa shape index (κ1) is 12.9. The molecule has 1 N–H and O–H groups in total. The zero-order valence-electron chi connectivity index (χ0n) is 9.54. The van der Waals surface area contributed by atoms with Crippen LogP contribution in [0.1, 0.15) is 13.8 Å². The van der Waals surface area contributed by atoms with Gasteiger partial charge in [-0.1, -0.05) is 0 Å². The van der Waals surface area contributed by atoms with Crippen molar-refractivity contribution in [3.8, 4) is 0 Å². The van der Waals surface area contributed by atoms with Gasteiger partial charge in [-0.15, -0.1) is 0 Å². The second-order valence-corrected chi connectivity index (χ2v) is 3.43. The molecule has 0 saturated carbocycles. The van der Waals surface area contributed by atoms with Gasteiger partial charge in [0, 0.05) is 19.2 Å². The van der Waals surface area contributed by atoms with Crippen LogP contribution in [0.3, 0.4) is 0 Å². The van der Waals surface area contributed by atoms with Crippen molar-refractivity contribution in [2.75, 3.05) is 11.9 Å². The standard InChI is InChI=1S/C10H13N3O4/c1-7(17-8(2)14)6-12-10-9(13(15)16)4-3-5-11-10/h3-5,7H,6H2,1-2H3,(H,11,12). The number of pyridine rings is 1. The molecule has 1 aromatic heterocycles. The quantitative estimate of drug-likeness (QED) is 0.473. The Labute approximate surface area is 98.0 Å². The summed E-state index contributed by atoms with van der Waals surface area (Å²) in [5.74, 6) is -0.230. The van der Waals surface area contributed by atoms with Crippen molar-refractivity contribution >= 4 is 17.5 Å². The van der Waals surface area contributed by atoms with Crippen molar-refractivity contribution in [3.05, 3.63) is 28.4 Å². The fourth-order valence-corrected chi connectivity index (χ4v) is 1.25. The number of carbonyl (C=O) groups excluding carboxylic acids is 1. The molecule has 0 fully saturated rings. The molecule has 1 heterocycles. The van der Waals surface area contributed by atoms with Gasteiger partial charge in [0.2, 0.25) is 5.82 Å². The van der Waals surface area contributed by atoms with Crippen molar-refractivity contribution in [2.24, 2.45) is 0 Å². The molecule has 1 rings (SSSR count). The Morgan fingerprint density at radius 3 is 3.00 bits per heavy atom. The number of nitrogens with zero attached hydrogens (tertiary/aromatic N) is 2. The number of aromatic nitrogens is 1. The van der Waals surface area contributed by atoms with E-state index in [2.05, 4.69) is 10.3 Å². The normalized spacial score (nSPS) is 11.6. The average Bonchev–Trinajstić information content (AvgIpc) is 2.25. The summed E-state index contributed by atoms with van der Waals surface area (Å²) in [5, 5.41) is 13.5. The van der Waals surface area contributed by atoms with Gasteiger partial charge in [0.25, 0.3) is 0 Å². The number of carbonyl (C=O) groups is 1. The number of hydrogen-bond donors (Lipinski definition) is 1. The molecule has 92 valence electrons. The fraction of sp³-hybridized carbons (Fsp3) is 0.400. The first-order valence-corrected chi connectivity index (χ1v) is 5.01. The average molecular weight is 239 g/mol. The maximum Gasteiger partial charge on any atom is 0.311 e. The Hall–Kier alpha value is -2.18. The molecule has 0 aliphatic carbocycles. The summed E-state index contributed by atoms with van der Waals surface area (Å²) in [7, 11) is 0. The van der Waals surface area contributed by atoms with E-state index in [0.717, 1.165) is 0 Å². The van der Waals surface area contributed by atoms with Crippen LogP contribution in [-0.4, -0.2) is 28.5 Å². The molecule has 0 spiro atoms. The SMILES string of the molecule is CC(=O)OC(C)CNc1ncccc1[N+](=O)[O-]. The van der Waals surface area contributed by atoms with Crippen LogP contribution < -0.4 is 5.32 Å². The lowest BCUT2D eigenvalue weighted by molar-refractivity contribution is -0.384. The highest BCUT2D eigenvalue weighted by Crippen LogP contribution is 2.19. The first-order valence-electron chi connectivity index (χ1n) is 5.01. The topological polar surface area (TPSA) is 94.4 Å². The summed E-state index contributed by atoms with van der Waals surface area (Å²) < 4.78 is 4.87. The van der Waals surface area contributed by atoms with Gasteiger partial charge in [-0.05, 0) is 13.0 Å². The van der Waals surface area contributed by atoms with Crippen LogP contribution in [0.25, 0.3) is 0 Å². The van der Waals surface area contributed by atoms with Gasteiger partial charge in [-0.25, -0.2) is 4.98 Å². The van der Waals surface area contributed by atoms with Crippen LogP contribution in [0.2, 0.25) is 0 Å². The highest BCUT2D eigenvalue weighted by Gasteiger charge is 2.14. The number of ether oxygens (including phenoxy) is 1. The largest absolute Gasteiger partial charge is 0.461 e. The molecule has 0 amide bonds. The van der Waals surface area contributed by atoms with Crippen molar-refractivity contribution in [1.29, 1.82) is 0 Å². The molecule has 0 aromatic carbocycles. The molecule has 7 heteroatoms. The summed E-state index contributed by atoms with van der Waals surface area (Å²) in [6, 6.07) is 2.84. The van der Waals surface area contributed by atoms with E-state index in [-0.39, 0.29) is 24.2 Å². The Balaban J connectivity index is 2.63. The molecule has 0 aliphatic heterocycles. The van der Waals surface area contributed by atoms with Gasteiger partial charge in [0.05, 0.1) is 11.5 Å². The predicted octanol–water partition coefficient (Wildman–Crippen LogP) is 1.35. The van der Waals surface area contributed by atoms with E-state index >= 15 is 0 Å². The number of nitro groups is 1. The highest BCUT2D eigenvalue weighted by atomic mass is 16.6. The first-order chi connectivity index (χ1) is 8.00. The number of esters is 1. The molecule has 0 radical (unpaired) electrons. The fourth-order valence-electron chi connectivity index (χ4n) is 1.25. The number of rotatable bonds is 5. The molecular formula is C10H13N3O4. The van der Waals surface area contributed by atoms with Gasteiger partial charge in [0.15, 0.2) is 0 Å². The van der Waals surface area contributed by atoms with Gasteiger partial charge < -0.3 is 10.1 Å². The maximum atomic E-state index is 10.7. The summed E-state index contributed by atoms with van der Waals surface area (Å²) in [5.41, 5.74) is -0.109. The van der Waals surface area contributed by atoms with Crippen molar-refractivity contribution in [2.45, 2.75) is 20.0 Å². The summed E-state index contributed by atoms with van der Waals surface area (Å²) >= 11 is 0. The third-order valence-electron chi connectivity index (χ3n) is 1.91.